The van der Waals surface area contributed by atoms with Crippen LogP contribution in [0.25, 0.3) is 11.3 Å². The topological polar surface area (TPSA) is 22.9 Å². The molecule has 3 nitrogen and oxygen atoms in total. The van der Waals surface area contributed by atoms with Gasteiger partial charge in [-0.15, -0.1) is 0 Å². The number of quaternary nitrogens is 1. The number of allylic oxidation sites excluding steroid dienone is 2. The number of nitrogens with one attached hydrogen (secondary N) is 1. The molecule has 2 heterocycles. The third-order valence-corrected chi connectivity index (χ3v) is 6.20. The Kier molecular flexibility index (Phi) is 4.89. The lowest BCUT2D eigenvalue weighted by atomic mass is 9.85. The van der Waals surface area contributed by atoms with Gasteiger partial charge in [-0.05, 0) is 47.0 Å². The summed E-state index contributed by atoms with van der Waals surface area (Å²) in [7, 11) is 3.41. The standard InChI is InChI=1S/C27H25NO2/c1-29-26-17-21-13-14-28-24(20-11-7-4-8-12-20)15-22(19-9-5-3-6-10-19)16-25(28)23(21)18-27(26)30-2/h3-12,15-18,25H,13-14H2,1-2H3/p+1. The second-order valence-electron chi connectivity index (χ2n) is 7.82. The summed E-state index contributed by atoms with van der Waals surface area (Å²) in [6.45, 7) is 1.05. The maximum absolute atomic E-state index is 5.64. The van der Waals surface area contributed by atoms with Crippen LogP contribution in [0.3, 0.4) is 0 Å². The fourth-order valence-corrected chi connectivity index (χ4v) is 4.72. The minimum Gasteiger partial charge on any atom is -0.493 e. The molecule has 0 radical (unpaired) electrons. The van der Waals surface area contributed by atoms with E-state index in [0.29, 0.717) is 0 Å². The predicted octanol–water partition coefficient (Wildman–Crippen LogP) is 4.32. The Morgan fingerprint density at radius 3 is 2.10 bits per heavy atom. The molecular formula is C27H26NO2+. The maximum atomic E-state index is 5.64. The molecule has 0 aromatic heterocycles. The normalized spacial score (nSPS) is 19.8. The third-order valence-electron chi connectivity index (χ3n) is 6.20. The molecule has 0 saturated heterocycles. The van der Waals surface area contributed by atoms with Crippen LogP contribution in [0, 0.1) is 0 Å². The molecule has 2 aliphatic rings. The van der Waals surface area contributed by atoms with Crippen molar-refractivity contribution in [3.8, 4) is 11.5 Å². The number of fused-ring (bicyclic) bond motifs is 3. The smallest absolute Gasteiger partial charge is 0.161 e. The molecule has 150 valence electrons. The highest BCUT2D eigenvalue weighted by Crippen LogP contribution is 2.37. The Balaban J connectivity index is 1.68. The maximum Gasteiger partial charge on any atom is 0.161 e. The van der Waals surface area contributed by atoms with Crippen LogP contribution in [-0.2, 0) is 6.42 Å². The molecule has 0 fully saturated rings. The largest absolute Gasteiger partial charge is 0.493 e. The zero-order chi connectivity index (χ0) is 20.5. The Hall–Kier alpha value is -3.30. The summed E-state index contributed by atoms with van der Waals surface area (Å²) in [6.07, 6.45) is 5.80. The van der Waals surface area contributed by atoms with E-state index in [9.17, 15) is 0 Å². The van der Waals surface area contributed by atoms with E-state index >= 15 is 0 Å². The SMILES string of the molecule is COc1cc2c(cc1OC)C1C=C(c3ccccc3)C=C(c3ccccc3)[NH+]1CC2. The molecule has 0 aliphatic carbocycles. The number of rotatable bonds is 4. The lowest BCUT2D eigenvalue weighted by Gasteiger charge is -2.37. The number of methoxy groups -OCH3 is 2. The molecule has 1 N–H and O–H groups in total. The Morgan fingerprint density at radius 2 is 1.43 bits per heavy atom. The predicted molar refractivity (Wildman–Crippen MR) is 121 cm³/mol. The van der Waals surface area contributed by atoms with Gasteiger partial charge in [0.1, 0.15) is 11.7 Å². The van der Waals surface area contributed by atoms with Crippen molar-refractivity contribution in [3.63, 3.8) is 0 Å². The fraction of sp³-hybridized carbons (Fsp3) is 0.185. The van der Waals surface area contributed by atoms with E-state index in [2.05, 4.69) is 84.9 Å². The van der Waals surface area contributed by atoms with Gasteiger partial charge in [-0.3, -0.25) is 4.90 Å². The minimum absolute atomic E-state index is 0.240. The number of benzene rings is 3. The zero-order valence-electron chi connectivity index (χ0n) is 17.4. The minimum atomic E-state index is 0.240. The van der Waals surface area contributed by atoms with Gasteiger partial charge in [-0.2, -0.15) is 0 Å². The van der Waals surface area contributed by atoms with Gasteiger partial charge in [-0.25, -0.2) is 0 Å². The van der Waals surface area contributed by atoms with E-state index in [1.807, 2.05) is 0 Å². The summed E-state index contributed by atoms with van der Waals surface area (Å²) in [4.78, 5) is 1.49. The Morgan fingerprint density at radius 1 is 0.800 bits per heavy atom. The highest BCUT2D eigenvalue weighted by Gasteiger charge is 2.36. The van der Waals surface area contributed by atoms with Crippen LogP contribution < -0.4 is 14.4 Å². The first kappa shape index (κ1) is 18.7. The summed E-state index contributed by atoms with van der Waals surface area (Å²) < 4.78 is 11.2. The second kappa shape index (κ2) is 7.85. The Bertz CT molecular complexity index is 1120. The van der Waals surface area contributed by atoms with Crippen molar-refractivity contribution >= 4 is 11.3 Å². The quantitative estimate of drug-likeness (QED) is 0.710. The van der Waals surface area contributed by atoms with Crippen LogP contribution in [0.4, 0.5) is 0 Å². The Labute approximate surface area is 177 Å². The number of hydrogen-bond acceptors (Lipinski definition) is 2. The molecule has 3 heteroatoms. The molecule has 0 saturated carbocycles. The van der Waals surface area contributed by atoms with E-state index in [4.69, 9.17) is 9.47 Å². The first-order valence-electron chi connectivity index (χ1n) is 10.4. The molecular weight excluding hydrogens is 370 g/mol. The van der Waals surface area contributed by atoms with Gasteiger partial charge in [0.15, 0.2) is 11.5 Å². The van der Waals surface area contributed by atoms with E-state index in [1.54, 1.807) is 14.2 Å². The summed E-state index contributed by atoms with van der Waals surface area (Å²) in [5, 5.41) is 0. The molecule has 0 amide bonds. The highest BCUT2D eigenvalue weighted by molar-refractivity contribution is 5.83. The molecule has 2 atom stereocenters. The monoisotopic (exact) mass is 396 g/mol. The lowest BCUT2D eigenvalue weighted by molar-refractivity contribution is -0.855. The molecule has 3 aromatic carbocycles. The first-order chi connectivity index (χ1) is 14.8. The van der Waals surface area contributed by atoms with Gasteiger partial charge >= 0.3 is 0 Å². The summed E-state index contributed by atoms with van der Waals surface area (Å²) in [5.74, 6) is 1.60. The van der Waals surface area contributed by atoms with Crippen LogP contribution in [-0.4, -0.2) is 20.8 Å². The fourth-order valence-electron chi connectivity index (χ4n) is 4.72. The molecule has 2 aliphatic heterocycles. The molecule has 0 spiro atoms. The van der Waals surface area contributed by atoms with Crippen molar-refractivity contribution in [2.45, 2.75) is 12.5 Å². The number of ether oxygens (including phenoxy) is 2. The van der Waals surface area contributed by atoms with Gasteiger partial charge < -0.3 is 9.47 Å². The average Bonchev–Trinajstić information content (AvgIpc) is 2.83. The van der Waals surface area contributed by atoms with Crippen LogP contribution in [0.5, 0.6) is 11.5 Å². The average molecular weight is 397 g/mol. The van der Waals surface area contributed by atoms with E-state index < -0.39 is 0 Å². The van der Waals surface area contributed by atoms with Crippen molar-refractivity contribution in [1.29, 1.82) is 0 Å². The number of hydrogen-bond donors (Lipinski definition) is 1. The van der Waals surface area contributed by atoms with Crippen molar-refractivity contribution in [2.24, 2.45) is 0 Å². The summed E-state index contributed by atoms with van der Waals surface area (Å²) >= 11 is 0. The van der Waals surface area contributed by atoms with E-state index in [1.165, 1.54) is 38.4 Å². The van der Waals surface area contributed by atoms with Crippen LogP contribution >= 0.6 is 0 Å². The molecule has 30 heavy (non-hydrogen) atoms. The van der Waals surface area contributed by atoms with Gasteiger partial charge in [-0.1, -0.05) is 48.5 Å². The highest BCUT2D eigenvalue weighted by atomic mass is 16.5. The van der Waals surface area contributed by atoms with Crippen molar-refractivity contribution in [1.82, 2.24) is 0 Å². The van der Waals surface area contributed by atoms with Gasteiger partial charge in [0.05, 0.1) is 20.8 Å². The first-order valence-corrected chi connectivity index (χ1v) is 10.4. The van der Waals surface area contributed by atoms with E-state index in [0.717, 1.165) is 24.5 Å². The third kappa shape index (κ3) is 3.21. The van der Waals surface area contributed by atoms with E-state index in [-0.39, 0.29) is 6.04 Å². The second-order valence-corrected chi connectivity index (χ2v) is 7.82. The van der Waals surface area contributed by atoms with Gasteiger partial charge in [0.25, 0.3) is 0 Å². The van der Waals surface area contributed by atoms with Gasteiger partial charge in [0, 0.05) is 23.6 Å². The van der Waals surface area contributed by atoms with Crippen LogP contribution in [0.2, 0.25) is 0 Å². The van der Waals surface area contributed by atoms with Crippen molar-refractivity contribution < 1.29 is 14.4 Å². The van der Waals surface area contributed by atoms with Crippen LogP contribution in [0.1, 0.15) is 28.3 Å². The molecule has 2 unspecified atom stereocenters. The van der Waals surface area contributed by atoms with Gasteiger partial charge in [0.2, 0.25) is 0 Å². The molecule has 0 bridgehead atoms. The molecule has 3 aromatic rings. The summed E-state index contributed by atoms with van der Waals surface area (Å²) in [5.41, 5.74) is 7.82. The van der Waals surface area contributed by atoms with Crippen LogP contribution in [0.15, 0.2) is 84.9 Å². The molecule has 5 rings (SSSR count). The zero-order valence-corrected chi connectivity index (χ0v) is 17.4. The summed E-state index contributed by atoms with van der Waals surface area (Å²) in [6, 6.07) is 26.0. The van der Waals surface area contributed by atoms with Crippen molar-refractivity contribution in [2.75, 3.05) is 20.8 Å². The lowest BCUT2D eigenvalue weighted by Crippen LogP contribution is -3.11. The van der Waals surface area contributed by atoms with Crippen molar-refractivity contribution in [3.05, 3.63) is 107 Å².